The number of aliphatic hydroxyl groups excluding tert-OH is 5. The molecule has 0 radical (unpaired) electrons. The summed E-state index contributed by atoms with van der Waals surface area (Å²) in [6.45, 7) is 16.2. The molecule has 0 unspecified atom stereocenters. The van der Waals surface area contributed by atoms with E-state index in [2.05, 4.69) is 0 Å². The van der Waals surface area contributed by atoms with E-state index < -0.39 is 5.97 Å². The van der Waals surface area contributed by atoms with E-state index in [9.17, 15) is 4.79 Å². The first-order chi connectivity index (χ1) is 58.4. The molecule has 37 nitrogen and oxygen atoms in total. The number of nitrogens with two attached hydrogens (primary N) is 8. The average molecular weight is 1710 g/mol. The number of carboxylic acid groups (broad SMARTS) is 1. The number of carbonyl (C=O) groups is 1. The topological polar surface area (TPSA) is 550 Å². The normalized spacial score (nSPS) is 10.9. The molecule has 2 aliphatic rings. The fraction of sp³-hybridized carbons (Fsp3) is 0.417. The van der Waals surface area contributed by atoms with Crippen molar-refractivity contribution in [2.45, 2.75) is 27.7 Å². The third kappa shape index (κ3) is 38.1. The van der Waals surface area contributed by atoms with Gasteiger partial charge in [-0.1, -0.05) is 0 Å². The minimum atomic E-state index is -1.16. The van der Waals surface area contributed by atoms with Gasteiger partial charge in [0.15, 0.2) is 69.0 Å². The van der Waals surface area contributed by atoms with Crippen molar-refractivity contribution in [3.05, 3.63) is 132 Å². The summed E-state index contributed by atoms with van der Waals surface area (Å²) in [5.74, 6) is 9.17. The molecule has 0 fully saturated rings. The maximum Gasteiger partial charge on any atom is 0.338 e. The molecule has 8 aromatic rings. The molecule has 0 amide bonds. The smallest absolute Gasteiger partial charge is 0.338 e. The highest BCUT2D eigenvalue weighted by atomic mass is 16.6. The van der Waals surface area contributed by atoms with Crippen LogP contribution in [0.15, 0.2) is 115 Å². The SMILES string of the molecule is CCOc1ccc(N)c(OCC)c1.COCCOc1cc2c(cc1N)OCCO2.COc1cc(C(=O)O)c(N)c(OC)c1OC.COc1cc(N)ccc1OCCO.COc1cc(N)ccc1OCCOCCO.COc1ccc(N)cc1OCCOCCO.Cc1cc(OCCOCCO)c(C)cc1N.Nc1cc2c(cc1OCCO)OCCO2. The Morgan fingerprint density at radius 3 is 1.13 bits per heavy atom. The Kier molecular flexibility index (Phi) is 51.2. The summed E-state index contributed by atoms with van der Waals surface area (Å²) in [5.41, 5.74) is 51.7. The third-order valence-electron chi connectivity index (χ3n) is 15.6. The largest absolute Gasteiger partial charge is 0.494 e. The zero-order valence-corrected chi connectivity index (χ0v) is 70.6. The van der Waals surface area contributed by atoms with Gasteiger partial charge in [0, 0.05) is 84.5 Å². The van der Waals surface area contributed by atoms with Gasteiger partial charge in [-0.25, -0.2) is 4.79 Å². The number of hydrogen-bond acceptors (Lipinski definition) is 36. The third-order valence-corrected chi connectivity index (χ3v) is 15.6. The van der Waals surface area contributed by atoms with E-state index in [0.717, 1.165) is 28.3 Å². The predicted molar refractivity (Wildman–Crippen MR) is 460 cm³/mol. The Bertz CT molecular complexity index is 4250. The Labute approximate surface area is 705 Å². The van der Waals surface area contributed by atoms with Crippen molar-refractivity contribution in [3.63, 3.8) is 0 Å². The Balaban J connectivity index is 0.000000358. The molecular formula is C84H122N8O29. The van der Waals surface area contributed by atoms with Gasteiger partial charge < -0.3 is 181 Å². The van der Waals surface area contributed by atoms with Crippen molar-refractivity contribution in [2.75, 3.05) is 254 Å². The molecule has 2 aliphatic heterocycles. The summed E-state index contributed by atoms with van der Waals surface area (Å²) in [4.78, 5) is 10.9. The number of carboxylic acids is 1. The van der Waals surface area contributed by atoms with Gasteiger partial charge in [-0.2, -0.15) is 0 Å². The van der Waals surface area contributed by atoms with Gasteiger partial charge in [-0.3, -0.25) is 0 Å². The Morgan fingerprint density at radius 2 is 0.711 bits per heavy atom. The van der Waals surface area contributed by atoms with Gasteiger partial charge in [-0.15, -0.1) is 0 Å². The van der Waals surface area contributed by atoms with Gasteiger partial charge in [0.2, 0.25) is 5.75 Å². The van der Waals surface area contributed by atoms with E-state index in [-0.39, 0.29) is 74.7 Å². The van der Waals surface area contributed by atoms with Crippen LogP contribution in [0.1, 0.15) is 35.3 Å². The fourth-order valence-electron chi connectivity index (χ4n) is 9.89. The molecule has 0 spiro atoms. The van der Waals surface area contributed by atoms with E-state index >= 15 is 0 Å². The maximum atomic E-state index is 10.9. The van der Waals surface area contributed by atoms with E-state index in [0.29, 0.717) is 221 Å². The number of anilines is 8. The summed E-state index contributed by atoms with van der Waals surface area (Å²) in [6.07, 6.45) is 0. The van der Waals surface area contributed by atoms with Gasteiger partial charge in [0.05, 0.1) is 163 Å². The first-order valence-electron chi connectivity index (χ1n) is 38.0. The number of rotatable bonds is 39. The molecule has 0 saturated carbocycles. The lowest BCUT2D eigenvalue weighted by atomic mass is 10.1. The number of ether oxygens (including phenoxy) is 22. The van der Waals surface area contributed by atoms with Crippen molar-refractivity contribution in [2.24, 2.45) is 0 Å². The lowest BCUT2D eigenvalue weighted by Crippen LogP contribution is -2.16. The molecule has 0 aliphatic carbocycles. The van der Waals surface area contributed by atoms with Crippen molar-refractivity contribution in [3.8, 4) is 103 Å². The number of methoxy groups -OCH3 is 7. The molecular weight excluding hydrogens is 1580 g/mol. The number of benzene rings is 8. The minimum Gasteiger partial charge on any atom is -0.494 e. The van der Waals surface area contributed by atoms with E-state index in [1.165, 1.54) is 27.4 Å². The van der Waals surface area contributed by atoms with Crippen molar-refractivity contribution >= 4 is 51.5 Å². The molecule has 22 N–H and O–H groups in total. The van der Waals surface area contributed by atoms with Crippen LogP contribution >= 0.6 is 0 Å². The van der Waals surface area contributed by atoms with E-state index in [1.54, 1.807) is 113 Å². The molecule has 0 saturated heterocycles. The first kappa shape index (κ1) is 103. The molecule has 10 rings (SSSR count). The molecule has 0 atom stereocenters. The zero-order valence-electron chi connectivity index (χ0n) is 70.6. The Hall–Kier alpha value is -12.3. The summed E-state index contributed by atoms with van der Waals surface area (Å²) >= 11 is 0. The van der Waals surface area contributed by atoms with Crippen LogP contribution in [0.2, 0.25) is 0 Å². The molecule has 8 aromatic carbocycles. The molecule has 0 bridgehead atoms. The second kappa shape index (κ2) is 60.2. The molecule has 37 heteroatoms. The fourth-order valence-corrected chi connectivity index (χ4v) is 9.89. The number of aliphatic hydroxyl groups is 5. The number of aryl methyl sites for hydroxylation is 2. The lowest BCUT2D eigenvalue weighted by molar-refractivity contribution is 0.0696. The second-order valence-corrected chi connectivity index (χ2v) is 24.3. The highest BCUT2D eigenvalue weighted by molar-refractivity contribution is 5.97. The van der Waals surface area contributed by atoms with Crippen LogP contribution in [0.5, 0.6) is 103 Å². The predicted octanol–water partition coefficient (Wildman–Crippen LogP) is 7.79. The molecule has 121 heavy (non-hydrogen) atoms. The highest BCUT2D eigenvalue weighted by Crippen LogP contribution is 2.44. The van der Waals surface area contributed by atoms with Gasteiger partial charge >= 0.3 is 5.97 Å². The monoisotopic (exact) mass is 1710 g/mol. The van der Waals surface area contributed by atoms with Crippen molar-refractivity contribution < 1.29 is 140 Å². The standard InChI is InChI=1S/C12H19NO3.C11H15NO4.2C11H17NO4.C10H13NO5.C10H13NO4.C10H15NO2.C9H13NO3/c1-9-8-12(10(2)7-11(9)13)16-6-5-15-4-3-14;1-13-2-3-14-9-7-11-10(6-8(9)12)15-4-5-16-11;1-14-11-8-9(12)2-3-10(11)16-7-6-15-5-4-13;1-14-10-3-2-9(12)8-11(10)16-7-6-15-5-4-13;1-14-6-4-5(10(12)13)7(11)9(16-3)8(6)15-2;11-7-5-9-10(15-4-3-14-9)6-8(7)13-2-1-12;1-3-12-8-5-6-9(11)10(7-8)13-4-2;1-12-9-6-7(10)2-3-8(9)13-5-4-11/h7-8,14H,3-6,13H2,1-2H3;6-7H,2-5,12H2,1H3;2*2-3,8,13H,4-7,12H2,1H3;4H,11H2,1-3H3,(H,12,13);5-6,12H,1-4,11H2;5-7H,3-4,11H2,1-2H3;2-3,6,11H,4-5,10H2,1H3. The van der Waals surface area contributed by atoms with Crippen molar-refractivity contribution in [1.82, 2.24) is 0 Å². The number of nitrogen functional groups attached to an aromatic ring is 8. The number of hydrogen-bond donors (Lipinski definition) is 14. The minimum absolute atomic E-state index is 0.00708. The van der Waals surface area contributed by atoms with Crippen LogP contribution in [-0.4, -0.2) is 245 Å². The van der Waals surface area contributed by atoms with Crippen LogP contribution in [0.25, 0.3) is 0 Å². The maximum absolute atomic E-state index is 10.9. The quantitative estimate of drug-likeness (QED) is 0.0129. The molecule has 0 aromatic heterocycles. The molecule has 672 valence electrons. The first-order valence-corrected chi connectivity index (χ1v) is 38.0. The number of aromatic carboxylic acids is 1. The van der Waals surface area contributed by atoms with Crippen LogP contribution < -0.4 is 131 Å². The Morgan fingerprint density at radius 1 is 0.322 bits per heavy atom. The number of fused-ring (bicyclic) bond motifs is 2. The van der Waals surface area contributed by atoms with Crippen LogP contribution in [0.3, 0.4) is 0 Å². The summed E-state index contributed by atoms with van der Waals surface area (Å²) < 4.78 is 115. The second-order valence-electron chi connectivity index (χ2n) is 24.3. The zero-order chi connectivity index (χ0) is 89.3. The van der Waals surface area contributed by atoms with Gasteiger partial charge in [0.1, 0.15) is 94.8 Å². The van der Waals surface area contributed by atoms with Crippen LogP contribution in [0, 0.1) is 13.8 Å². The average Bonchev–Trinajstić information content (AvgIpc) is 0.808. The van der Waals surface area contributed by atoms with Crippen LogP contribution in [0.4, 0.5) is 45.5 Å². The lowest BCUT2D eigenvalue weighted by Gasteiger charge is -2.20. The van der Waals surface area contributed by atoms with Crippen LogP contribution in [-0.2, 0) is 18.9 Å². The summed E-state index contributed by atoms with van der Waals surface area (Å²) in [7, 11) is 10.5. The van der Waals surface area contributed by atoms with Crippen molar-refractivity contribution in [1.29, 1.82) is 0 Å². The molecule has 2 heterocycles. The van der Waals surface area contributed by atoms with E-state index in [4.69, 9.17) is 181 Å². The van der Waals surface area contributed by atoms with E-state index in [1.807, 2.05) is 52.0 Å². The summed E-state index contributed by atoms with van der Waals surface area (Å²) in [5, 5.41) is 51.6. The highest BCUT2D eigenvalue weighted by Gasteiger charge is 2.23. The van der Waals surface area contributed by atoms with Gasteiger partial charge in [-0.05, 0) is 99.5 Å². The van der Waals surface area contributed by atoms with Gasteiger partial charge in [0.25, 0.3) is 0 Å². The summed E-state index contributed by atoms with van der Waals surface area (Å²) in [6, 6.07) is 32.9.